The first-order valence-electron chi connectivity index (χ1n) is 14.7. The molecule has 1 saturated heterocycles. The molecular formula is C33H31F2N7O. The number of rotatable bonds is 6. The van der Waals surface area contributed by atoms with Gasteiger partial charge in [0.2, 0.25) is 0 Å². The molecule has 218 valence electrons. The molecule has 5 heterocycles. The van der Waals surface area contributed by atoms with E-state index in [0.717, 1.165) is 49.7 Å². The van der Waals surface area contributed by atoms with Gasteiger partial charge in [-0.3, -0.25) is 14.3 Å². The number of halogens is 2. The average Bonchev–Trinajstić information content (AvgIpc) is 3.62. The van der Waals surface area contributed by atoms with Crippen LogP contribution in [0.4, 0.5) is 8.78 Å². The van der Waals surface area contributed by atoms with Crippen LogP contribution in [-0.4, -0.2) is 41.6 Å². The molecule has 1 aromatic carbocycles. The van der Waals surface area contributed by atoms with Gasteiger partial charge >= 0.3 is 0 Å². The van der Waals surface area contributed by atoms with Gasteiger partial charge in [0.1, 0.15) is 34.9 Å². The number of likely N-dealkylation sites (tertiary alicyclic amines) is 1. The minimum atomic E-state index is -0.738. The Balaban J connectivity index is 1.39. The highest BCUT2D eigenvalue weighted by molar-refractivity contribution is 5.86. The first kappa shape index (κ1) is 27.2. The molecule has 10 heteroatoms. The Morgan fingerprint density at radius 1 is 1.12 bits per heavy atom. The highest BCUT2D eigenvalue weighted by Crippen LogP contribution is 2.42. The Labute approximate surface area is 247 Å². The Morgan fingerprint density at radius 2 is 1.95 bits per heavy atom. The molecule has 2 aliphatic rings. The quantitative estimate of drug-likeness (QED) is 0.259. The van der Waals surface area contributed by atoms with Gasteiger partial charge in [0.25, 0.3) is 5.56 Å². The number of pyridine rings is 2. The molecule has 0 bridgehead atoms. The molecule has 1 atom stereocenters. The van der Waals surface area contributed by atoms with Crippen LogP contribution in [0.15, 0.2) is 53.7 Å². The lowest BCUT2D eigenvalue weighted by atomic mass is 9.97. The summed E-state index contributed by atoms with van der Waals surface area (Å²) in [6.45, 7) is 3.88. The lowest BCUT2D eigenvalue weighted by molar-refractivity contribution is 0.151. The summed E-state index contributed by atoms with van der Waals surface area (Å²) >= 11 is 0. The summed E-state index contributed by atoms with van der Waals surface area (Å²) in [7, 11) is 1.76. The predicted octanol–water partition coefficient (Wildman–Crippen LogP) is 6.18. The number of aryl methyl sites for hydroxylation is 1. The Bertz CT molecular complexity index is 1980. The molecule has 1 aliphatic heterocycles. The molecule has 7 rings (SSSR count). The molecule has 0 unspecified atom stereocenters. The van der Waals surface area contributed by atoms with Gasteiger partial charge in [-0.25, -0.2) is 18.7 Å². The third-order valence-electron chi connectivity index (χ3n) is 8.77. The lowest BCUT2D eigenvalue weighted by Crippen LogP contribution is -2.36. The second kappa shape index (κ2) is 10.6. The van der Waals surface area contributed by atoms with E-state index < -0.39 is 11.6 Å². The Morgan fingerprint density at radius 3 is 2.67 bits per heavy atom. The van der Waals surface area contributed by atoms with Crippen molar-refractivity contribution in [1.29, 1.82) is 5.26 Å². The second-order valence-electron chi connectivity index (χ2n) is 11.8. The maximum absolute atomic E-state index is 15.6. The summed E-state index contributed by atoms with van der Waals surface area (Å²) < 4.78 is 33.2. The monoisotopic (exact) mass is 579 g/mol. The van der Waals surface area contributed by atoms with Crippen LogP contribution in [0.3, 0.4) is 0 Å². The summed E-state index contributed by atoms with van der Waals surface area (Å²) in [6.07, 6.45) is 10.2. The normalized spacial score (nSPS) is 17.4. The van der Waals surface area contributed by atoms with Crippen LogP contribution in [0.1, 0.15) is 61.9 Å². The van der Waals surface area contributed by atoms with Gasteiger partial charge in [0.15, 0.2) is 0 Å². The Kier molecular flexibility index (Phi) is 6.70. The first-order chi connectivity index (χ1) is 20.8. The largest absolute Gasteiger partial charge is 0.353 e. The highest BCUT2D eigenvalue weighted by atomic mass is 19.1. The molecule has 4 aromatic heterocycles. The van der Waals surface area contributed by atoms with Crippen molar-refractivity contribution in [2.45, 2.75) is 57.5 Å². The van der Waals surface area contributed by atoms with Crippen molar-refractivity contribution in [1.82, 2.24) is 29.0 Å². The van der Waals surface area contributed by atoms with Gasteiger partial charge in [0, 0.05) is 78.1 Å². The van der Waals surface area contributed by atoms with Gasteiger partial charge in [-0.15, -0.1) is 0 Å². The summed E-state index contributed by atoms with van der Waals surface area (Å²) in [5, 5.41) is 10.7. The van der Waals surface area contributed by atoms with Gasteiger partial charge in [-0.05, 0) is 69.0 Å². The zero-order chi connectivity index (χ0) is 29.8. The lowest BCUT2D eigenvalue weighted by Gasteiger charge is -2.32. The zero-order valence-corrected chi connectivity index (χ0v) is 24.1. The number of aromatic nitrogens is 5. The van der Waals surface area contributed by atoms with Crippen molar-refractivity contribution in [3.05, 3.63) is 87.9 Å². The summed E-state index contributed by atoms with van der Waals surface area (Å²) in [5.41, 5.74) is 2.86. The van der Waals surface area contributed by atoms with E-state index >= 15 is 4.39 Å². The van der Waals surface area contributed by atoms with Crippen LogP contribution in [0.5, 0.6) is 0 Å². The molecule has 1 saturated carbocycles. The second-order valence-corrected chi connectivity index (χ2v) is 11.8. The maximum Gasteiger partial charge on any atom is 0.280 e. The fourth-order valence-corrected chi connectivity index (χ4v) is 6.29. The van der Waals surface area contributed by atoms with E-state index in [1.54, 1.807) is 30.1 Å². The average molecular weight is 580 g/mol. The third-order valence-corrected chi connectivity index (χ3v) is 8.77. The third kappa shape index (κ3) is 4.93. The standard InChI is InChI=1S/C33H31F2N7O/c1-19-5-3-4-9-41(19)18-24-15-25-22(16-36)17-42(33(43)31(25)38-24)29-12-21(11-28(39-29)20-6-7-20)30-26(13-23(34)14-27(30)35)32-37-8-10-40(32)2/h8,10-15,17,19-20,38H,3-7,9,18H2,1-2H3/t19-/m0/s1. The van der Waals surface area contributed by atoms with Gasteiger partial charge in [-0.2, -0.15) is 5.26 Å². The van der Waals surface area contributed by atoms with Crippen LogP contribution in [0.2, 0.25) is 0 Å². The first-order valence-corrected chi connectivity index (χ1v) is 14.7. The molecule has 43 heavy (non-hydrogen) atoms. The van der Waals surface area contributed by atoms with Gasteiger partial charge in [-0.1, -0.05) is 6.42 Å². The van der Waals surface area contributed by atoms with Gasteiger partial charge < -0.3 is 9.55 Å². The number of hydrogen-bond donors (Lipinski definition) is 1. The molecule has 0 amide bonds. The molecule has 2 fully saturated rings. The van der Waals surface area contributed by atoms with Crippen LogP contribution < -0.4 is 5.56 Å². The number of imidazole rings is 1. The minimum absolute atomic E-state index is 0.175. The summed E-state index contributed by atoms with van der Waals surface area (Å²) in [5.74, 6) is -0.585. The van der Waals surface area contributed by atoms with Crippen LogP contribution >= 0.6 is 0 Å². The molecule has 0 spiro atoms. The molecule has 0 radical (unpaired) electrons. The number of nitrogens with zero attached hydrogens (tertiary/aromatic N) is 6. The molecule has 5 aromatic rings. The summed E-state index contributed by atoms with van der Waals surface area (Å²) in [6, 6.07) is 10.2. The van der Waals surface area contributed by atoms with Crippen molar-refractivity contribution < 1.29 is 8.78 Å². The van der Waals surface area contributed by atoms with Crippen LogP contribution in [-0.2, 0) is 13.6 Å². The number of aromatic amines is 1. The summed E-state index contributed by atoms with van der Waals surface area (Å²) in [4.78, 5) is 28.8. The molecular weight excluding hydrogens is 548 g/mol. The number of fused-ring (bicyclic) bond motifs is 1. The number of hydrogen-bond acceptors (Lipinski definition) is 5. The van der Waals surface area contributed by atoms with E-state index in [-0.39, 0.29) is 22.9 Å². The fraction of sp³-hybridized carbons (Fsp3) is 0.333. The minimum Gasteiger partial charge on any atom is -0.353 e. The van der Waals surface area contributed by atoms with Crippen molar-refractivity contribution in [3.63, 3.8) is 0 Å². The maximum atomic E-state index is 15.6. The molecule has 1 aliphatic carbocycles. The Hall–Kier alpha value is -4.62. The smallest absolute Gasteiger partial charge is 0.280 e. The van der Waals surface area contributed by atoms with Gasteiger partial charge in [0.05, 0.1) is 5.56 Å². The number of nitrogens with one attached hydrogen (secondary N) is 1. The van der Waals surface area contributed by atoms with Crippen molar-refractivity contribution in [2.24, 2.45) is 7.05 Å². The van der Waals surface area contributed by atoms with E-state index in [0.29, 0.717) is 46.0 Å². The fourth-order valence-electron chi connectivity index (χ4n) is 6.29. The number of H-pyrrole nitrogens is 1. The van der Waals surface area contributed by atoms with Crippen molar-refractivity contribution in [2.75, 3.05) is 6.54 Å². The number of piperidine rings is 1. The SMILES string of the molecule is C[C@H]1CCCCN1Cc1cc2c(C#N)cn(-c3cc(-c4c(F)cc(F)cc4-c4nccn4C)cc(C4CC4)n3)c(=O)c2[nH]1. The van der Waals surface area contributed by atoms with E-state index in [9.17, 15) is 14.4 Å². The molecule has 1 N–H and O–H groups in total. The van der Waals surface area contributed by atoms with E-state index in [4.69, 9.17) is 4.98 Å². The highest BCUT2D eigenvalue weighted by Gasteiger charge is 2.28. The van der Waals surface area contributed by atoms with Crippen LogP contribution in [0.25, 0.3) is 39.2 Å². The van der Waals surface area contributed by atoms with Crippen LogP contribution in [0, 0.1) is 23.0 Å². The predicted molar refractivity (Wildman–Crippen MR) is 160 cm³/mol. The topological polar surface area (TPSA) is 95.5 Å². The van der Waals surface area contributed by atoms with E-state index in [2.05, 4.69) is 27.9 Å². The van der Waals surface area contributed by atoms with Crippen molar-refractivity contribution >= 4 is 10.9 Å². The molecule has 8 nitrogen and oxygen atoms in total. The van der Waals surface area contributed by atoms with E-state index in [1.807, 2.05) is 12.1 Å². The number of benzene rings is 1. The van der Waals surface area contributed by atoms with E-state index in [1.165, 1.54) is 23.3 Å². The number of nitriles is 1. The zero-order valence-electron chi connectivity index (χ0n) is 24.1. The van der Waals surface area contributed by atoms with Crippen molar-refractivity contribution in [3.8, 4) is 34.4 Å².